The molecule has 0 saturated carbocycles. The molecular formula is C14H18N2O4. The first-order valence-corrected chi connectivity index (χ1v) is 7.07. The minimum absolute atomic E-state index is 0.00816. The second-order valence-corrected chi connectivity index (χ2v) is 5.38. The number of likely N-dealkylation sites (tertiary alicyclic amines) is 1. The molecule has 108 valence electrons. The minimum atomic E-state index is -0.630. The lowest BCUT2D eigenvalue weighted by atomic mass is 9.87. The molecule has 2 saturated heterocycles. The molecule has 6 nitrogen and oxygen atoms in total. The number of ether oxygens (including phenoxy) is 1. The van der Waals surface area contributed by atoms with E-state index in [1.165, 1.54) is 4.90 Å². The molecule has 1 atom stereocenters. The average Bonchev–Trinajstić information content (AvgIpc) is 3.11. The quantitative estimate of drug-likeness (QED) is 0.812. The van der Waals surface area contributed by atoms with Crippen LogP contribution in [0.5, 0.6) is 0 Å². The van der Waals surface area contributed by atoms with Gasteiger partial charge in [0.15, 0.2) is 11.5 Å². The third kappa shape index (κ3) is 2.14. The number of ketones is 1. The van der Waals surface area contributed by atoms with Crippen LogP contribution in [0.3, 0.4) is 0 Å². The van der Waals surface area contributed by atoms with Gasteiger partial charge in [0.1, 0.15) is 11.4 Å². The first-order chi connectivity index (χ1) is 9.64. The molecule has 1 spiro atoms. The molecule has 20 heavy (non-hydrogen) atoms. The molecule has 3 rings (SSSR count). The number of hydrogen-bond donors (Lipinski definition) is 0. The summed E-state index contributed by atoms with van der Waals surface area (Å²) in [6.07, 6.45) is 2.97. The molecular weight excluding hydrogens is 260 g/mol. The summed E-state index contributed by atoms with van der Waals surface area (Å²) in [6.45, 7) is 3.20. The second kappa shape index (κ2) is 5.01. The predicted octanol–water partition coefficient (Wildman–Crippen LogP) is 1.20. The van der Waals surface area contributed by atoms with Gasteiger partial charge in [0, 0.05) is 32.1 Å². The minimum Gasteiger partial charge on any atom is -0.367 e. The van der Waals surface area contributed by atoms with E-state index in [0.29, 0.717) is 31.8 Å². The Morgan fingerprint density at radius 3 is 2.95 bits per heavy atom. The summed E-state index contributed by atoms with van der Waals surface area (Å²) in [5.41, 5.74) is -0.354. The lowest BCUT2D eigenvalue weighted by molar-refractivity contribution is -0.144. The number of aryl methyl sites for hydroxylation is 1. The van der Waals surface area contributed by atoms with Crippen LogP contribution in [0.4, 0.5) is 0 Å². The third-order valence-electron chi connectivity index (χ3n) is 4.15. The Bertz CT molecular complexity index is 531. The van der Waals surface area contributed by atoms with Crippen molar-refractivity contribution in [2.75, 3.05) is 19.7 Å². The van der Waals surface area contributed by atoms with Crippen molar-refractivity contribution in [1.82, 2.24) is 10.1 Å². The first-order valence-electron chi connectivity index (χ1n) is 7.07. The van der Waals surface area contributed by atoms with Crippen molar-refractivity contribution in [2.45, 2.75) is 38.2 Å². The van der Waals surface area contributed by atoms with Gasteiger partial charge in [-0.15, -0.1) is 0 Å². The summed E-state index contributed by atoms with van der Waals surface area (Å²) in [6, 6.07) is 1.64. The number of aromatic nitrogens is 1. The molecule has 2 aliphatic rings. The van der Waals surface area contributed by atoms with Gasteiger partial charge in [0.25, 0.3) is 5.91 Å². The lowest BCUT2D eigenvalue weighted by Crippen LogP contribution is -2.53. The van der Waals surface area contributed by atoms with Crippen LogP contribution in [0, 0.1) is 0 Å². The zero-order valence-electron chi connectivity index (χ0n) is 11.6. The van der Waals surface area contributed by atoms with Crippen LogP contribution in [0.2, 0.25) is 0 Å². The lowest BCUT2D eigenvalue weighted by Gasteiger charge is -2.36. The van der Waals surface area contributed by atoms with Gasteiger partial charge in [-0.1, -0.05) is 12.1 Å². The largest absolute Gasteiger partial charge is 0.367 e. The van der Waals surface area contributed by atoms with Gasteiger partial charge in [0.2, 0.25) is 0 Å². The Balaban J connectivity index is 1.70. The van der Waals surface area contributed by atoms with Crippen molar-refractivity contribution in [3.8, 4) is 0 Å². The Morgan fingerprint density at radius 1 is 1.50 bits per heavy atom. The Kier molecular flexibility index (Phi) is 3.33. The van der Waals surface area contributed by atoms with Crippen LogP contribution in [-0.4, -0.2) is 47.0 Å². The number of piperidine rings is 1. The molecule has 0 unspecified atom stereocenters. The predicted molar refractivity (Wildman–Crippen MR) is 69.3 cm³/mol. The molecule has 2 aliphatic heterocycles. The van der Waals surface area contributed by atoms with E-state index >= 15 is 0 Å². The SMILES string of the molecule is CCc1cc(C(=O)N2CC[C@@]3(CCCO3)C(=O)C2)no1. The van der Waals surface area contributed by atoms with E-state index in [9.17, 15) is 9.59 Å². The Labute approximate surface area is 117 Å². The van der Waals surface area contributed by atoms with E-state index in [4.69, 9.17) is 9.26 Å². The molecule has 0 radical (unpaired) electrons. The highest BCUT2D eigenvalue weighted by atomic mass is 16.5. The summed E-state index contributed by atoms with van der Waals surface area (Å²) in [5.74, 6) is 0.440. The van der Waals surface area contributed by atoms with Crippen LogP contribution in [0.25, 0.3) is 0 Å². The van der Waals surface area contributed by atoms with Gasteiger partial charge in [-0.05, 0) is 12.8 Å². The monoisotopic (exact) mass is 278 g/mol. The van der Waals surface area contributed by atoms with Gasteiger partial charge in [-0.3, -0.25) is 9.59 Å². The van der Waals surface area contributed by atoms with E-state index in [-0.39, 0.29) is 23.9 Å². The highest BCUT2D eigenvalue weighted by Crippen LogP contribution is 2.33. The van der Waals surface area contributed by atoms with Crippen LogP contribution in [0.1, 0.15) is 42.4 Å². The number of rotatable bonds is 2. The topological polar surface area (TPSA) is 72.6 Å². The Hall–Kier alpha value is -1.69. The van der Waals surface area contributed by atoms with E-state index in [2.05, 4.69) is 5.16 Å². The van der Waals surface area contributed by atoms with E-state index < -0.39 is 5.60 Å². The number of nitrogens with zero attached hydrogens (tertiary/aromatic N) is 2. The van der Waals surface area contributed by atoms with Gasteiger partial charge >= 0.3 is 0 Å². The van der Waals surface area contributed by atoms with Gasteiger partial charge in [-0.2, -0.15) is 0 Å². The van der Waals surface area contributed by atoms with Crippen molar-refractivity contribution >= 4 is 11.7 Å². The molecule has 6 heteroatoms. The molecule has 0 bridgehead atoms. The second-order valence-electron chi connectivity index (χ2n) is 5.38. The molecule has 1 amide bonds. The summed E-state index contributed by atoms with van der Waals surface area (Å²) in [7, 11) is 0. The average molecular weight is 278 g/mol. The van der Waals surface area contributed by atoms with Crippen LogP contribution in [-0.2, 0) is 16.0 Å². The van der Waals surface area contributed by atoms with E-state index in [1.807, 2.05) is 6.92 Å². The number of hydrogen-bond acceptors (Lipinski definition) is 5. The van der Waals surface area contributed by atoms with Crippen LogP contribution >= 0.6 is 0 Å². The van der Waals surface area contributed by atoms with Gasteiger partial charge in [0.05, 0.1) is 6.54 Å². The van der Waals surface area contributed by atoms with Crippen molar-refractivity contribution in [2.24, 2.45) is 0 Å². The maximum atomic E-state index is 12.3. The van der Waals surface area contributed by atoms with E-state index in [1.54, 1.807) is 6.07 Å². The summed E-state index contributed by atoms with van der Waals surface area (Å²) in [4.78, 5) is 26.1. The molecule has 0 aromatic carbocycles. The molecule has 2 fully saturated rings. The standard InChI is InChI=1S/C14H18N2O4/c1-2-10-8-11(15-20-10)13(18)16-6-5-14(12(17)9-16)4-3-7-19-14/h8H,2-7,9H2,1H3/t14-/m0/s1. The molecule has 0 N–H and O–H groups in total. The third-order valence-corrected chi connectivity index (χ3v) is 4.15. The maximum absolute atomic E-state index is 12.3. The van der Waals surface area contributed by atoms with Gasteiger partial charge in [-0.25, -0.2) is 0 Å². The number of carbonyl (C=O) groups excluding carboxylic acids is 2. The fourth-order valence-corrected chi connectivity index (χ4v) is 2.88. The van der Waals surface area contributed by atoms with E-state index in [0.717, 1.165) is 12.8 Å². The molecule has 3 heterocycles. The number of carbonyl (C=O) groups is 2. The summed E-state index contributed by atoms with van der Waals surface area (Å²) < 4.78 is 10.7. The summed E-state index contributed by atoms with van der Waals surface area (Å²) in [5, 5.41) is 3.77. The zero-order valence-corrected chi connectivity index (χ0v) is 11.6. The van der Waals surface area contributed by atoms with Crippen molar-refractivity contribution < 1.29 is 18.8 Å². The molecule has 1 aromatic rings. The number of Topliss-reactive ketones (excluding diaryl/α,β-unsaturated/α-hetero) is 1. The van der Waals surface area contributed by atoms with Crippen molar-refractivity contribution in [3.05, 3.63) is 17.5 Å². The normalized spacial score (nSPS) is 26.4. The number of amides is 1. The summed E-state index contributed by atoms with van der Waals surface area (Å²) >= 11 is 0. The Morgan fingerprint density at radius 2 is 2.35 bits per heavy atom. The smallest absolute Gasteiger partial charge is 0.276 e. The van der Waals surface area contributed by atoms with Gasteiger partial charge < -0.3 is 14.2 Å². The first kappa shape index (κ1) is 13.3. The highest BCUT2D eigenvalue weighted by Gasteiger charge is 2.46. The van der Waals surface area contributed by atoms with Crippen molar-refractivity contribution in [3.63, 3.8) is 0 Å². The fraction of sp³-hybridized carbons (Fsp3) is 0.643. The zero-order chi connectivity index (χ0) is 14.2. The molecule has 0 aliphatic carbocycles. The van der Waals surface area contributed by atoms with Crippen LogP contribution in [0.15, 0.2) is 10.6 Å². The van der Waals surface area contributed by atoms with Crippen LogP contribution < -0.4 is 0 Å². The molecule has 1 aromatic heterocycles. The van der Waals surface area contributed by atoms with Crippen molar-refractivity contribution in [1.29, 1.82) is 0 Å². The highest BCUT2D eigenvalue weighted by molar-refractivity contribution is 5.98. The maximum Gasteiger partial charge on any atom is 0.276 e. The fourth-order valence-electron chi connectivity index (χ4n) is 2.88.